The van der Waals surface area contributed by atoms with Crippen LogP contribution in [0.1, 0.15) is 50.5 Å². The third-order valence-electron chi connectivity index (χ3n) is 4.95. The fraction of sp³-hybridized carbons (Fsp3) is 0.526. The SMILES string of the molecule is N#Cc1ccc(NC(=O)C2CC2C(=O)NC2CCCCCC2)cc1. The van der Waals surface area contributed by atoms with Crippen LogP contribution in [0.2, 0.25) is 0 Å². The summed E-state index contributed by atoms with van der Waals surface area (Å²) in [5.41, 5.74) is 1.22. The van der Waals surface area contributed by atoms with E-state index in [-0.39, 0.29) is 29.7 Å². The Hall–Kier alpha value is -2.35. The van der Waals surface area contributed by atoms with Gasteiger partial charge >= 0.3 is 0 Å². The average molecular weight is 325 g/mol. The lowest BCUT2D eigenvalue weighted by Gasteiger charge is -2.16. The van der Waals surface area contributed by atoms with E-state index in [1.54, 1.807) is 24.3 Å². The summed E-state index contributed by atoms with van der Waals surface area (Å²) in [4.78, 5) is 24.5. The molecule has 2 N–H and O–H groups in total. The summed E-state index contributed by atoms with van der Waals surface area (Å²) in [5, 5.41) is 14.7. The van der Waals surface area contributed by atoms with Crippen molar-refractivity contribution in [1.29, 1.82) is 5.26 Å². The Morgan fingerprint density at radius 2 is 1.58 bits per heavy atom. The maximum absolute atomic E-state index is 12.3. The molecule has 0 radical (unpaired) electrons. The van der Waals surface area contributed by atoms with Crippen LogP contribution in [0.5, 0.6) is 0 Å². The molecule has 0 heterocycles. The number of nitriles is 1. The third-order valence-corrected chi connectivity index (χ3v) is 4.95. The van der Waals surface area contributed by atoms with E-state index in [0.717, 1.165) is 12.8 Å². The largest absolute Gasteiger partial charge is 0.353 e. The lowest BCUT2D eigenvalue weighted by Crippen LogP contribution is -2.36. The number of nitrogens with zero attached hydrogens (tertiary/aromatic N) is 1. The molecule has 5 heteroatoms. The molecule has 126 valence electrons. The molecule has 1 aromatic rings. The van der Waals surface area contributed by atoms with E-state index in [2.05, 4.69) is 10.6 Å². The summed E-state index contributed by atoms with van der Waals surface area (Å²) in [7, 11) is 0. The third kappa shape index (κ3) is 4.14. The van der Waals surface area contributed by atoms with Gasteiger partial charge in [0, 0.05) is 11.7 Å². The Labute approximate surface area is 142 Å². The van der Waals surface area contributed by atoms with Gasteiger partial charge in [-0.3, -0.25) is 9.59 Å². The van der Waals surface area contributed by atoms with Crippen LogP contribution in [0.4, 0.5) is 5.69 Å². The topological polar surface area (TPSA) is 82.0 Å². The maximum Gasteiger partial charge on any atom is 0.228 e. The zero-order valence-electron chi connectivity index (χ0n) is 13.8. The minimum absolute atomic E-state index is 0.0295. The van der Waals surface area contributed by atoms with E-state index < -0.39 is 0 Å². The van der Waals surface area contributed by atoms with E-state index in [1.165, 1.54) is 25.7 Å². The number of amides is 2. The van der Waals surface area contributed by atoms with Gasteiger partial charge in [-0.25, -0.2) is 0 Å². The molecule has 2 saturated carbocycles. The molecule has 1 aromatic carbocycles. The minimum atomic E-state index is -0.230. The van der Waals surface area contributed by atoms with Crippen molar-refractivity contribution in [2.75, 3.05) is 5.32 Å². The van der Waals surface area contributed by atoms with Gasteiger partial charge in [0.1, 0.15) is 0 Å². The zero-order valence-corrected chi connectivity index (χ0v) is 13.8. The highest BCUT2D eigenvalue weighted by Gasteiger charge is 2.48. The number of anilines is 1. The lowest BCUT2D eigenvalue weighted by molar-refractivity contribution is -0.125. The molecule has 0 bridgehead atoms. The number of carbonyl (C=O) groups is 2. The first-order valence-corrected chi connectivity index (χ1v) is 8.79. The summed E-state index contributed by atoms with van der Waals surface area (Å²) in [6, 6.07) is 9.07. The van der Waals surface area contributed by atoms with Gasteiger partial charge in [-0.05, 0) is 43.5 Å². The molecular formula is C19H23N3O2. The van der Waals surface area contributed by atoms with Gasteiger partial charge in [0.05, 0.1) is 23.5 Å². The van der Waals surface area contributed by atoms with Crippen molar-refractivity contribution in [3.05, 3.63) is 29.8 Å². The Morgan fingerprint density at radius 3 is 2.21 bits per heavy atom. The highest BCUT2D eigenvalue weighted by Crippen LogP contribution is 2.39. The highest BCUT2D eigenvalue weighted by molar-refractivity contribution is 5.99. The molecule has 2 fully saturated rings. The quantitative estimate of drug-likeness (QED) is 0.835. The molecule has 0 spiro atoms. The van der Waals surface area contributed by atoms with Gasteiger partial charge in [-0.15, -0.1) is 0 Å². The molecule has 24 heavy (non-hydrogen) atoms. The Kier molecular flexibility index (Phi) is 5.14. The summed E-state index contributed by atoms with van der Waals surface area (Å²) >= 11 is 0. The van der Waals surface area contributed by atoms with Crippen molar-refractivity contribution in [3.63, 3.8) is 0 Å². The summed E-state index contributed by atoms with van der Waals surface area (Å²) < 4.78 is 0. The van der Waals surface area contributed by atoms with Crippen LogP contribution in [0, 0.1) is 23.2 Å². The normalized spacial score (nSPS) is 23.6. The monoisotopic (exact) mass is 325 g/mol. The van der Waals surface area contributed by atoms with Crippen LogP contribution in [0.25, 0.3) is 0 Å². The second kappa shape index (κ2) is 7.48. The number of hydrogen-bond donors (Lipinski definition) is 2. The molecule has 2 atom stereocenters. The average Bonchev–Trinajstić information content (AvgIpc) is 3.40. The van der Waals surface area contributed by atoms with Crippen molar-refractivity contribution in [3.8, 4) is 6.07 Å². The summed E-state index contributed by atoms with van der Waals surface area (Å²) in [6.07, 6.45) is 7.61. The summed E-state index contributed by atoms with van der Waals surface area (Å²) in [6.45, 7) is 0. The van der Waals surface area contributed by atoms with Crippen molar-refractivity contribution in [1.82, 2.24) is 5.32 Å². The number of nitrogens with one attached hydrogen (secondary N) is 2. The highest BCUT2D eigenvalue weighted by atomic mass is 16.2. The lowest BCUT2D eigenvalue weighted by atomic mass is 10.1. The fourth-order valence-corrected chi connectivity index (χ4v) is 3.37. The van der Waals surface area contributed by atoms with Crippen LogP contribution in [-0.4, -0.2) is 17.9 Å². The van der Waals surface area contributed by atoms with Gasteiger partial charge in [-0.2, -0.15) is 5.26 Å². The molecule has 0 saturated heterocycles. The summed E-state index contributed by atoms with van der Waals surface area (Å²) in [5.74, 6) is -0.499. The standard InChI is InChI=1S/C19H23N3O2/c20-12-13-7-9-15(10-8-13)22-19(24)17-11-16(17)18(23)21-14-5-3-1-2-4-6-14/h7-10,14,16-17H,1-6,11H2,(H,21,23)(H,22,24). The number of hydrogen-bond acceptors (Lipinski definition) is 3. The van der Waals surface area contributed by atoms with Crippen molar-refractivity contribution < 1.29 is 9.59 Å². The van der Waals surface area contributed by atoms with E-state index in [4.69, 9.17) is 5.26 Å². The van der Waals surface area contributed by atoms with Gasteiger partial charge < -0.3 is 10.6 Å². The number of benzene rings is 1. The molecule has 3 rings (SSSR count). The Morgan fingerprint density at radius 1 is 0.958 bits per heavy atom. The molecule has 0 aliphatic heterocycles. The molecule has 2 amide bonds. The second-order valence-electron chi connectivity index (χ2n) is 6.82. The van der Waals surface area contributed by atoms with Crippen LogP contribution in [0.15, 0.2) is 24.3 Å². The molecule has 2 unspecified atom stereocenters. The molecular weight excluding hydrogens is 302 g/mol. The second-order valence-corrected chi connectivity index (χ2v) is 6.82. The molecule has 0 aromatic heterocycles. The molecule has 5 nitrogen and oxygen atoms in total. The van der Waals surface area contributed by atoms with E-state index in [1.807, 2.05) is 6.07 Å². The van der Waals surface area contributed by atoms with Crippen molar-refractivity contribution in [2.45, 2.75) is 51.0 Å². The van der Waals surface area contributed by atoms with Gasteiger partial charge in [-0.1, -0.05) is 25.7 Å². The van der Waals surface area contributed by atoms with E-state index >= 15 is 0 Å². The molecule has 2 aliphatic rings. The fourth-order valence-electron chi connectivity index (χ4n) is 3.37. The Balaban J connectivity index is 1.47. The minimum Gasteiger partial charge on any atom is -0.353 e. The van der Waals surface area contributed by atoms with Crippen molar-refractivity contribution >= 4 is 17.5 Å². The number of rotatable bonds is 4. The maximum atomic E-state index is 12.3. The van der Waals surface area contributed by atoms with Crippen molar-refractivity contribution in [2.24, 2.45) is 11.8 Å². The van der Waals surface area contributed by atoms with Gasteiger partial charge in [0.2, 0.25) is 11.8 Å². The van der Waals surface area contributed by atoms with Gasteiger partial charge in [0.15, 0.2) is 0 Å². The van der Waals surface area contributed by atoms with Crippen LogP contribution in [-0.2, 0) is 9.59 Å². The smallest absolute Gasteiger partial charge is 0.228 e. The zero-order chi connectivity index (χ0) is 16.9. The van der Waals surface area contributed by atoms with E-state index in [0.29, 0.717) is 17.7 Å². The molecule has 2 aliphatic carbocycles. The first-order chi connectivity index (χ1) is 11.7. The van der Waals surface area contributed by atoms with E-state index in [9.17, 15) is 9.59 Å². The Bertz CT molecular complexity index is 640. The predicted octanol–water partition coefficient (Wildman–Crippen LogP) is 2.97. The van der Waals surface area contributed by atoms with Crippen LogP contribution in [0.3, 0.4) is 0 Å². The first kappa shape index (κ1) is 16.5. The number of carbonyl (C=O) groups excluding carboxylic acids is 2. The van der Waals surface area contributed by atoms with Gasteiger partial charge in [0.25, 0.3) is 0 Å². The predicted molar refractivity (Wildman–Crippen MR) is 91.0 cm³/mol. The first-order valence-electron chi connectivity index (χ1n) is 8.79. The van der Waals surface area contributed by atoms with Crippen LogP contribution >= 0.6 is 0 Å². The van der Waals surface area contributed by atoms with Crippen LogP contribution < -0.4 is 10.6 Å².